The van der Waals surface area contributed by atoms with E-state index in [1.54, 1.807) is 6.07 Å². The second-order valence-electron chi connectivity index (χ2n) is 5.16. The zero-order valence-corrected chi connectivity index (χ0v) is 12.7. The molecule has 1 saturated carbocycles. The van der Waals surface area contributed by atoms with E-state index in [1.807, 2.05) is 18.2 Å². The highest BCUT2D eigenvalue weighted by Crippen LogP contribution is 2.32. The van der Waals surface area contributed by atoms with Gasteiger partial charge in [0, 0.05) is 18.1 Å². The van der Waals surface area contributed by atoms with Crippen LogP contribution in [0.4, 0.5) is 11.5 Å². The number of rotatable bonds is 4. The van der Waals surface area contributed by atoms with Crippen molar-refractivity contribution in [3.63, 3.8) is 0 Å². The van der Waals surface area contributed by atoms with E-state index in [2.05, 4.69) is 15.3 Å². The minimum atomic E-state index is 0.241. The summed E-state index contributed by atoms with van der Waals surface area (Å²) in [7, 11) is 0. The van der Waals surface area contributed by atoms with Crippen molar-refractivity contribution in [2.75, 3.05) is 5.32 Å². The lowest BCUT2D eigenvalue weighted by Gasteiger charge is -2.15. The molecule has 0 spiro atoms. The van der Waals surface area contributed by atoms with E-state index in [4.69, 9.17) is 21.6 Å². The Morgan fingerprint density at radius 1 is 1.23 bits per heavy atom. The summed E-state index contributed by atoms with van der Waals surface area (Å²) in [5.74, 6) is 1.10. The summed E-state index contributed by atoms with van der Waals surface area (Å²) in [6.45, 7) is 0. The molecule has 112 valence electrons. The Morgan fingerprint density at radius 2 is 2.00 bits per heavy atom. The van der Waals surface area contributed by atoms with Crippen molar-refractivity contribution in [1.29, 1.82) is 5.26 Å². The lowest BCUT2D eigenvalue weighted by molar-refractivity contribution is 0.210. The monoisotopic (exact) mass is 314 g/mol. The van der Waals surface area contributed by atoms with E-state index in [-0.39, 0.29) is 11.8 Å². The third kappa shape index (κ3) is 3.29. The van der Waals surface area contributed by atoms with Crippen LogP contribution in [-0.4, -0.2) is 16.1 Å². The summed E-state index contributed by atoms with van der Waals surface area (Å²) in [5, 5.41) is 12.6. The first-order valence-electron chi connectivity index (χ1n) is 7.20. The molecule has 5 nitrogen and oxygen atoms in total. The second-order valence-corrected chi connectivity index (χ2v) is 5.57. The molecule has 1 heterocycles. The van der Waals surface area contributed by atoms with Crippen molar-refractivity contribution in [1.82, 2.24) is 9.97 Å². The fourth-order valence-corrected chi connectivity index (χ4v) is 2.73. The molecule has 1 aromatic heterocycles. The zero-order valence-electron chi connectivity index (χ0n) is 11.9. The van der Waals surface area contributed by atoms with Crippen molar-refractivity contribution in [2.24, 2.45) is 0 Å². The van der Waals surface area contributed by atoms with Crippen LogP contribution >= 0.6 is 11.6 Å². The van der Waals surface area contributed by atoms with Gasteiger partial charge in [-0.3, -0.25) is 0 Å². The van der Waals surface area contributed by atoms with Gasteiger partial charge in [0.15, 0.2) is 11.5 Å². The Bertz CT molecular complexity index is 708. The predicted molar refractivity (Wildman–Crippen MR) is 84.4 cm³/mol. The van der Waals surface area contributed by atoms with Crippen LogP contribution in [0.1, 0.15) is 31.4 Å². The summed E-state index contributed by atoms with van der Waals surface area (Å²) in [6.07, 6.45) is 7.87. The molecule has 0 radical (unpaired) electrons. The topological polar surface area (TPSA) is 70.8 Å². The van der Waals surface area contributed by atoms with Gasteiger partial charge in [0.05, 0.1) is 11.1 Å². The number of nitriles is 1. The molecule has 0 bridgehead atoms. The predicted octanol–water partition coefficient (Wildman–Crippen LogP) is 4.07. The molecule has 0 unspecified atom stereocenters. The van der Waals surface area contributed by atoms with Crippen LogP contribution in [0.2, 0.25) is 5.02 Å². The molecule has 22 heavy (non-hydrogen) atoms. The molecule has 3 rings (SSSR count). The Labute approximate surface area is 133 Å². The summed E-state index contributed by atoms with van der Waals surface area (Å²) in [4.78, 5) is 8.07. The van der Waals surface area contributed by atoms with Gasteiger partial charge in [-0.2, -0.15) is 5.26 Å². The molecule has 1 fully saturated rings. The Morgan fingerprint density at radius 3 is 2.73 bits per heavy atom. The van der Waals surface area contributed by atoms with Crippen LogP contribution in [0.3, 0.4) is 0 Å². The van der Waals surface area contributed by atoms with Gasteiger partial charge in [-0.15, -0.1) is 0 Å². The van der Waals surface area contributed by atoms with E-state index < -0.39 is 0 Å². The number of nitrogens with zero attached hydrogens (tertiary/aromatic N) is 3. The van der Waals surface area contributed by atoms with Crippen molar-refractivity contribution < 1.29 is 4.74 Å². The van der Waals surface area contributed by atoms with Crippen molar-refractivity contribution in [2.45, 2.75) is 31.8 Å². The largest absolute Gasteiger partial charge is 0.489 e. The van der Waals surface area contributed by atoms with Gasteiger partial charge >= 0.3 is 0 Å². The van der Waals surface area contributed by atoms with E-state index in [9.17, 15) is 0 Å². The third-order valence-electron chi connectivity index (χ3n) is 3.59. The number of hydrogen-bond donors (Lipinski definition) is 1. The Hall–Kier alpha value is -2.32. The van der Waals surface area contributed by atoms with Crippen LogP contribution in [0.25, 0.3) is 0 Å². The summed E-state index contributed by atoms with van der Waals surface area (Å²) >= 11 is 6.28. The van der Waals surface area contributed by atoms with Gasteiger partial charge in [-0.1, -0.05) is 11.6 Å². The highest BCUT2D eigenvalue weighted by Gasteiger charge is 2.17. The molecule has 0 saturated heterocycles. The maximum atomic E-state index is 9.02. The number of aromatic nitrogens is 2. The molecular weight excluding hydrogens is 300 g/mol. The molecule has 6 heteroatoms. The van der Waals surface area contributed by atoms with Crippen molar-refractivity contribution in [3.05, 3.63) is 41.3 Å². The molecule has 1 aromatic carbocycles. The lowest BCUT2D eigenvalue weighted by atomic mass is 10.2. The van der Waals surface area contributed by atoms with E-state index in [0.717, 1.165) is 18.5 Å². The van der Waals surface area contributed by atoms with Crippen molar-refractivity contribution >= 4 is 23.1 Å². The normalized spacial score (nSPS) is 14.5. The minimum absolute atomic E-state index is 0.241. The Kier molecular flexibility index (Phi) is 4.40. The molecular formula is C16H15ClN4O. The number of benzene rings is 1. The number of hydrogen-bond acceptors (Lipinski definition) is 5. The summed E-state index contributed by atoms with van der Waals surface area (Å²) < 4.78 is 5.92. The maximum absolute atomic E-state index is 9.02. The smallest absolute Gasteiger partial charge is 0.183 e. The fraction of sp³-hybridized carbons (Fsp3) is 0.312. The van der Waals surface area contributed by atoms with Crippen LogP contribution < -0.4 is 10.1 Å². The summed E-state index contributed by atoms with van der Waals surface area (Å²) in [5.41, 5.74) is 0.977. The van der Waals surface area contributed by atoms with Gasteiger partial charge < -0.3 is 10.1 Å². The first-order valence-corrected chi connectivity index (χ1v) is 7.58. The first-order chi connectivity index (χ1) is 10.8. The Balaban J connectivity index is 1.75. The van der Waals surface area contributed by atoms with Crippen LogP contribution in [0.5, 0.6) is 5.75 Å². The van der Waals surface area contributed by atoms with Crippen LogP contribution in [0, 0.1) is 11.3 Å². The van der Waals surface area contributed by atoms with Crippen molar-refractivity contribution in [3.8, 4) is 11.8 Å². The molecule has 2 aromatic rings. The lowest BCUT2D eigenvalue weighted by Crippen LogP contribution is -2.11. The fourth-order valence-electron chi connectivity index (χ4n) is 2.51. The number of halogens is 1. The average molecular weight is 315 g/mol. The average Bonchev–Trinajstić information content (AvgIpc) is 3.04. The number of ether oxygens (including phenoxy) is 1. The molecule has 0 atom stereocenters. The van der Waals surface area contributed by atoms with E-state index in [1.165, 1.54) is 25.2 Å². The quantitative estimate of drug-likeness (QED) is 0.921. The standard InChI is InChI=1S/C16H15ClN4O/c17-13-9-11(21-16-14(10-18)19-7-8-20-16)5-6-15(13)22-12-3-1-2-4-12/h5-9,12H,1-4H2,(H,20,21). The van der Waals surface area contributed by atoms with Gasteiger partial charge in [0.1, 0.15) is 11.8 Å². The summed E-state index contributed by atoms with van der Waals surface area (Å²) in [6, 6.07) is 7.45. The van der Waals surface area contributed by atoms with Gasteiger partial charge in [-0.25, -0.2) is 9.97 Å². The molecule has 1 aliphatic rings. The highest BCUT2D eigenvalue weighted by atomic mass is 35.5. The number of anilines is 2. The second kappa shape index (κ2) is 6.63. The van der Waals surface area contributed by atoms with Crippen LogP contribution in [-0.2, 0) is 0 Å². The van der Waals surface area contributed by atoms with E-state index >= 15 is 0 Å². The molecule has 1 aliphatic carbocycles. The number of nitrogens with one attached hydrogen (secondary N) is 1. The minimum Gasteiger partial charge on any atom is -0.489 e. The van der Waals surface area contributed by atoms with Crippen LogP contribution in [0.15, 0.2) is 30.6 Å². The third-order valence-corrected chi connectivity index (χ3v) is 3.89. The van der Waals surface area contributed by atoms with E-state index in [0.29, 0.717) is 16.6 Å². The first kappa shape index (κ1) is 14.6. The molecule has 1 N–H and O–H groups in total. The maximum Gasteiger partial charge on any atom is 0.183 e. The van der Waals surface area contributed by atoms with Gasteiger partial charge in [0.2, 0.25) is 0 Å². The van der Waals surface area contributed by atoms with Gasteiger partial charge in [0.25, 0.3) is 0 Å². The zero-order chi connectivity index (χ0) is 15.4. The molecule has 0 amide bonds. The SMILES string of the molecule is N#Cc1nccnc1Nc1ccc(OC2CCCC2)c(Cl)c1. The highest BCUT2D eigenvalue weighted by molar-refractivity contribution is 6.32. The van der Waals surface area contributed by atoms with Gasteiger partial charge in [-0.05, 0) is 43.9 Å². The molecule has 0 aliphatic heterocycles.